The molecule has 1 aromatic carbocycles. The van der Waals surface area contributed by atoms with E-state index >= 15 is 0 Å². The molecule has 0 unspecified atom stereocenters. The molecule has 0 aliphatic carbocycles. The molecule has 2 rings (SSSR count). The zero-order valence-corrected chi connectivity index (χ0v) is 10.2. The second-order valence-electron chi connectivity index (χ2n) is 3.28. The van der Waals surface area contributed by atoms with Crippen molar-refractivity contribution in [2.24, 2.45) is 0 Å². The van der Waals surface area contributed by atoms with E-state index in [1.54, 1.807) is 18.2 Å². The van der Waals surface area contributed by atoms with Crippen LogP contribution in [0.25, 0.3) is 10.1 Å². The number of ether oxygens (including phenoxy) is 1. The van der Waals surface area contributed by atoms with Crippen LogP contribution >= 0.6 is 22.9 Å². The van der Waals surface area contributed by atoms with E-state index in [1.165, 1.54) is 0 Å². The van der Waals surface area contributed by atoms with Crippen molar-refractivity contribution in [2.75, 3.05) is 13.2 Å². The lowest BCUT2D eigenvalue weighted by atomic mass is 10.2. The van der Waals surface area contributed by atoms with E-state index in [1.807, 2.05) is 0 Å². The number of benzene rings is 1. The van der Waals surface area contributed by atoms with Crippen LogP contribution in [0.3, 0.4) is 0 Å². The molecule has 90 valence electrons. The molecule has 1 aromatic heterocycles. The Kier molecular flexibility index (Phi) is 3.51. The Hall–Kier alpha value is -1.30. The Morgan fingerprint density at radius 1 is 1.47 bits per heavy atom. The predicted octanol–water partition coefficient (Wildman–Crippen LogP) is 2.62. The molecule has 0 aliphatic heterocycles. The average Bonchev–Trinajstić information content (AvgIpc) is 2.64. The number of hydrogen-bond donors (Lipinski definition) is 2. The predicted molar refractivity (Wildman–Crippen MR) is 66.4 cm³/mol. The quantitative estimate of drug-likeness (QED) is 0.898. The first kappa shape index (κ1) is 12.2. The van der Waals surface area contributed by atoms with Gasteiger partial charge in [-0.25, -0.2) is 4.79 Å². The fourth-order valence-electron chi connectivity index (χ4n) is 1.44. The van der Waals surface area contributed by atoms with Crippen LogP contribution in [0.5, 0.6) is 5.75 Å². The molecule has 0 aliphatic rings. The van der Waals surface area contributed by atoms with Crippen LogP contribution in [0.2, 0.25) is 5.02 Å². The molecule has 0 spiro atoms. The summed E-state index contributed by atoms with van der Waals surface area (Å²) < 4.78 is 5.99. The zero-order valence-electron chi connectivity index (χ0n) is 8.64. The Morgan fingerprint density at radius 2 is 2.24 bits per heavy atom. The SMILES string of the molecule is O=C(O)c1sc2cc(OCCO)ccc2c1Cl. The number of carboxylic acid groups (broad SMARTS) is 1. The Bertz CT molecular complexity index is 564. The highest BCUT2D eigenvalue weighted by Crippen LogP contribution is 2.37. The maximum Gasteiger partial charge on any atom is 0.347 e. The number of halogens is 1. The van der Waals surface area contributed by atoms with E-state index in [-0.39, 0.29) is 23.1 Å². The van der Waals surface area contributed by atoms with E-state index in [9.17, 15) is 4.79 Å². The molecule has 0 amide bonds. The first-order chi connectivity index (χ1) is 8.13. The molecule has 2 N–H and O–H groups in total. The van der Waals surface area contributed by atoms with Crippen LogP contribution < -0.4 is 4.74 Å². The second kappa shape index (κ2) is 4.91. The zero-order chi connectivity index (χ0) is 12.4. The summed E-state index contributed by atoms with van der Waals surface area (Å²) in [5.74, 6) is -0.449. The minimum absolute atomic E-state index is 0.0659. The highest BCUT2D eigenvalue weighted by molar-refractivity contribution is 7.21. The number of carboxylic acids is 1. The van der Waals surface area contributed by atoms with Gasteiger partial charge in [0.05, 0.1) is 11.6 Å². The van der Waals surface area contributed by atoms with Gasteiger partial charge in [-0.1, -0.05) is 11.6 Å². The van der Waals surface area contributed by atoms with Crippen LogP contribution in [-0.2, 0) is 0 Å². The highest BCUT2D eigenvalue weighted by atomic mass is 35.5. The van der Waals surface area contributed by atoms with E-state index in [2.05, 4.69) is 0 Å². The molecule has 0 atom stereocenters. The average molecular weight is 273 g/mol. The first-order valence-corrected chi connectivity index (χ1v) is 6.02. The number of rotatable bonds is 4. The van der Waals surface area contributed by atoms with Gasteiger partial charge in [0, 0.05) is 10.1 Å². The molecule has 4 nitrogen and oxygen atoms in total. The van der Waals surface area contributed by atoms with E-state index in [0.29, 0.717) is 11.1 Å². The van der Waals surface area contributed by atoms with E-state index < -0.39 is 5.97 Å². The first-order valence-electron chi connectivity index (χ1n) is 4.82. The molecule has 0 saturated heterocycles. The lowest BCUT2D eigenvalue weighted by Crippen LogP contribution is -2.00. The van der Waals surface area contributed by atoms with Gasteiger partial charge >= 0.3 is 5.97 Å². The molecule has 6 heteroatoms. The van der Waals surface area contributed by atoms with Crippen molar-refractivity contribution < 1.29 is 19.7 Å². The number of aromatic carboxylic acids is 1. The van der Waals surface area contributed by atoms with Gasteiger partial charge in [0.1, 0.15) is 17.2 Å². The van der Waals surface area contributed by atoms with Crippen molar-refractivity contribution in [1.29, 1.82) is 0 Å². The van der Waals surface area contributed by atoms with Crippen molar-refractivity contribution in [3.05, 3.63) is 28.1 Å². The Morgan fingerprint density at radius 3 is 2.88 bits per heavy atom. The third-order valence-electron chi connectivity index (χ3n) is 2.16. The summed E-state index contributed by atoms with van der Waals surface area (Å²) in [6.07, 6.45) is 0. The van der Waals surface area contributed by atoms with Crippen molar-refractivity contribution in [2.45, 2.75) is 0 Å². The molecule has 0 radical (unpaired) electrons. The Labute approximate surface area is 106 Å². The summed E-state index contributed by atoms with van der Waals surface area (Å²) in [5.41, 5.74) is 0. The van der Waals surface area contributed by atoms with Crippen LogP contribution in [0.1, 0.15) is 9.67 Å². The molecule has 0 saturated carbocycles. The minimum Gasteiger partial charge on any atom is -0.491 e. The van der Waals surface area contributed by atoms with Crippen molar-refractivity contribution in [1.82, 2.24) is 0 Å². The van der Waals surface area contributed by atoms with Crippen LogP contribution in [0.4, 0.5) is 0 Å². The van der Waals surface area contributed by atoms with Crippen LogP contribution in [0, 0.1) is 0 Å². The summed E-state index contributed by atoms with van der Waals surface area (Å²) in [5, 5.41) is 18.5. The van der Waals surface area contributed by atoms with E-state index in [0.717, 1.165) is 16.0 Å². The standard InChI is InChI=1S/C11H9ClO4S/c12-9-7-2-1-6(16-4-3-13)5-8(7)17-10(9)11(14)15/h1-2,5,13H,3-4H2,(H,14,15). The summed E-state index contributed by atoms with van der Waals surface area (Å²) in [6, 6.07) is 5.13. The maximum atomic E-state index is 10.9. The molecule has 2 aromatic rings. The van der Waals surface area contributed by atoms with Gasteiger partial charge in [-0.2, -0.15) is 0 Å². The van der Waals surface area contributed by atoms with Gasteiger partial charge in [-0.15, -0.1) is 11.3 Å². The number of carbonyl (C=O) groups is 1. The molecule has 1 heterocycles. The van der Waals surface area contributed by atoms with Gasteiger partial charge in [-0.3, -0.25) is 0 Å². The fourth-order valence-corrected chi connectivity index (χ4v) is 2.82. The number of fused-ring (bicyclic) bond motifs is 1. The minimum atomic E-state index is -1.03. The van der Waals surface area contributed by atoms with Gasteiger partial charge in [-0.05, 0) is 18.2 Å². The van der Waals surface area contributed by atoms with E-state index in [4.69, 9.17) is 26.6 Å². The molecule has 0 fully saturated rings. The largest absolute Gasteiger partial charge is 0.491 e. The lowest BCUT2D eigenvalue weighted by Gasteiger charge is -2.03. The maximum absolute atomic E-state index is 10.9. The van der Waals surface area contributed by atoms with Gasteiger partial charge in [0.2, 0.25) is 0 Å². The van der Waals surface area contributed by atoms with Gasteiger partial charge in [0.25, 0.3) is 0 Å². The lowest BCUT2D eigenvalue weighted by molar-refractivity contribution is 0.0702. The normalized spacial score (nSPS) is 10.7. The van der Waals surface area contributed by atoms with Gasteiger partial charge < -0.3 is 14.9 Å². The molecular formula is C11H9ClO4S. The van der Waals surface area contributed by atoms with Crippen molar-refractivity contribution in [3.63, 3.8) is 0 Å². The topological polar surface area (TPSA) is 66.8 Å². The third-order valence-corrected chi connectivity index (χ3v) is 3.80. The molecule has 0 bridgehead atoms. The summed E-state index contributed by atoms with van der Waals surface area (Å²) in [4.78, 5) is 11.0. The highest BCUT2D eigenvalue weighted by Gasteiger charge is 2.16. The smallest absolute Gasteiger partial charge is 0.347 e. The van der Waals surface area contributed by atoms with Crippen LogP contribution in [0.15, 0.2) is 18.2 Å². The Balaban J connectivity index is 2.44. The number of thiophene rings is 1. The number of aliphatic hydroxyl groups excluding tert-OH is 1. The summed E-state index contributed by atoms with van der Waals surface area (Å²) >= 11 is 7.06. The van der Waals surface area contributed by atoms with Crippen molar-refractivity contribution in [3.8, 4) is 5.75 Å². The number of aliphatic hydroxyl groups is 1. The number of hydrogen-bond acceptors (Lipinski definition) is 4. The fraction of sp³-hybridized carbons (Fsp3) is 0.182. The summed E-state index contributed by atoms with van der Waals surface area (Å²) in [7, 11) is 0. The second-order valence-corrected chi connectivity index (χ2v) is 4.71. The monoisotopic (exact) mass is 272 g/mol. The molecular weight excluding hydrogens is 264 g/mol. The molecule has 17 heavy (non-hydrogen) atoms. The van der Waals surface area contributed by atoms with Crippen molar-refractivity contribution >= 4 is 39.0 Å². The third kappa shape index (κ3) is 2.36. The summed E-state index contributed by atoms with van der Waals surface area (Å²) in [6.45, 7) is 0.139. The van der Waals surface area contributed by atoms with Gasteiger partial charge in [0.15, 0.2) is 0 Å². The van der Waals surface area contributed by atoms with Crippen LogP contribution in [-0.4, -0.2) is 29.4 Å².